The molecule has 0 radical (unpaired) electrons. The largest absolute Gasteiger partial charge is 0.453 e. The fourth-order valence-corrected chi connectivity index (χ4v) is 8.30. The molecule has 2 aliphatic heterocycles. The summed E-state index contributed by atoms with van der Waals surface area (Å²) in [6.45, 7) is -0.0625. The Morgan fingerprint density at radius 2 is 1.31 bits per heavy atom. The van der Waals surface area contributed by atoms with Crippen LogP contribution in [0.25, 0.3) is 15.4 Å². The van der Waals surface area contributed by atoms with Gasteiger partial charge in [-0.2, -0.15) is 0 Å². The number of likely N-dealkylation sites (tertiary alicyclic amines) is 2. The number of nitrogens with zero attached hydrogens (tertiary/aromatic N) is 4. The fraction of sp³-hybridized carbons (Fsp3) is 0.293. The van der Waals surface area contributed by atoms with E-state index >= 15 is 0 Å². The summed E-state index contributed by atoms with van der Waals surface area (Å²) in [6.07, 6.45) is 4.97. The third-order valence-electron chi connectivity index (χ3n) is 10.2. The molecule has 5 aromatic rings. The number of imidazole rings is 1. The maximum atomic E-state index is 13.7. The molecule has 17 heteroatoms. The van der Waals surface area contributed by atoms with Gasteiger partial charge in [0.1, 0.15) is 30.8 Å². The Morgan fingerprint density at radius 3 is 1.84 bits per heavy atom. The first-order valence-electron chi connectivity index (χ1n) is 18.8. The van der Waals surface area contributed by atoms with E-state index in [1.54, 1.807) is 83.4 Å². The number of nitrogens with one attached hydrogen (secondary N) is 4. The van der Waals surface area contributed by atoms with Gasteiger partial charge in [0.15, 0.2) is 10.8 Å². The van der Waals surface area contributed by atoms with Crippen molar-refractivity contribution in [1.29, 1.82) is 0 Å². The molecule has 5 N–H and O–H groups in total. The number of ether oxygens (including phenoxy) is 1. The number of thiazole rings is 1. The molecule has 0 unspecified atom stereocenters. The Labute approximate surface area is 337 Å². The van der Waals surface area contributed by atoms with Gasteiger partial charge in [-0.1, -0.05) is 84.1 Å². The predicted molar refractivity (Wildman–Crippen MR) is 214 cm³/mol. The van der Waals surface area contributed by atoms with Gasteiger partial charge in [-0.25, -0.2) is 9.78 Å². The van der Waals surface area contributed by atoms with E-state index in [4.69, 9.17) is 4.74 Å². The third-order valence-corrected chi connectivity index (χ3v) is 11.2. The van der Waals surface area contributed by atoms with Crippen LogP contribution in [0.2, 0.25) is 0 Å². The molecule has 0 bridgehead atoms. The number of amides is 6. The number of carbonyl (C=O) groups is 6. The number of hydrogen-bond donors (Lipinski definition) is 5. The van der Waals surface area contributed by atoms with Gasteiger partial charge in [0, 0.05) is 25.0 Å². The summed E-state index contributed by atoms with van der Waals surface area (Å²) < 4.78 is 6.55. The Morgan fingerprint density at radius 1 is 0.759 bits per heavy atom. The van der Waals surface area contributed by atoms with Crippen LogP contribution in [0.4, 0.5) is 16.3 Å². The molecule has 2 aromatic heterocycles. The van der Waals surface area contributed by atoms with Crippen molar-refractivity contribution in [2.24, 2.45) is 0 Å². The zero-order valence-corrected chi connectivity index (χ0v) is 32.3. The van der Waals surface area contributed by atoms with Crippen LogP contribution >= 0.6 is 11.3 Å². The molecule has 16 nitrogen and oxygen atoms in total. The van der Waals surface area contributed by atoms with Crippen molar-refractivity contribution in [3.8, 4) is 10.4 Å². The molecule has 2 aliphatic rings. The van der Waals surface area contributed by atoms with Gasteiger partial charge in [-0.05, 0) is 54.5 Å². The number of fused-ring (bicyclic) bond motifs is 1. The van der Waals surface area contributed by atoms with Crippen LogP contribution in [-0.4, -0.2) is 98.8 Å². The second kappa shape index (κ2) is 17.7. The molecule has 300 valence electrons. The zero-order chi connectivity index (χ0) is 40.8. The minimum absolute atomic E-state index is 0.331. The highest BCUT2D eigenvalue weighted by molar-refractivity contribution is 7.20. The summed E-state index contributed by atoms with van der Waals surface area (Å²) in [5.74, 6) is -1.93. The number of carbonyl (C=O) groups excluding carboxylic acids is 6. The number of methoxy groups -OCH3 is 1. The van der Waals surface area contributed by atoms with E-state index in [2.05, 4.69) is 26.3 Å². The average Bonchev–Trinajstić information content (AvgIpc) is 4.07. The first-order valence-corrected chi connectivity index (χ1v) is 19.6. The summed E-state index contributed by atoms with van der Waals surface area (Å²) in [5, 5.41) is 20.3. The molecular weight excluding hydrogens is 765 g/mol. The van der Waals surface area contributed by atoms with Crippen LogP contribution in [0, 0.1) is 0 Å². The molecule has 0 aliphatic carbocycles. The highest BCUT2D eigenvalue weighted by atomic mass is 32.1. The topological polar surface area (TPSA) is 204 Å². The minimum atomic E-state index is -1.04. The molecule has 0 spiro atoms. The van der Waals surface area contributed by atoms with Crippen LogP contribution in [0.3, 0.4) is 0 Å². The molecule has 2 fully saturated rings. The van der Waals surface area contributed by atoms with E-state index in [-0.39, 0.29) is 11.8 Å². The molecule has 0 saturated carbocycles. The van der Waals surface area contributed by atoms with Gasteiger partial charge >= 0.3 is 6.09 Å². The number of alkyl carbamates (subject to hydrolysis) is 1. The zero-order valence-electron chi connectivity index (χ0n) is 31.5. The van der Waals surface area contributed by atoms with E-state index in [0.29, 0.717) is 66.4 Å². The SMILES string of the molecule is COC(=O)N[C@@H](C(=O)N1CCC[C@H]1C(=O)Nc1cn2cc(-c3ccc(NC(=O)[C@@H]4CCCN4C(=O)[C@H](NC(=O)CO)c4ccccc4)cc3)sc2n1)c1ccccc1. The number of rotatable bonds is 12. The van der Waals surface area contributed by atoms with Crippen molar-refractivity contribution in [3.05, 3.63) is 108 Å². The second-order valence-corrected chi connectivity index (χ2v) is 14.9. The Hall–Kier alpha value is -6.59. The van der Waals surface area contributed by atoms with E-state index in [0.717, 1.165) is 10.4 Å². The summed E-state index contributed by atoms with van der Waals surface area (Å²) in [6, 6.07) is 21.2. The van der Waals surface area contributed by atoms with Gasteiger partial charge < -0.3 is 40.9 Å². The van der Waals surface area contributed by atoms with E-state index in [1.165, 1.54) is 28.2 Å². The smallest absolute Gasteiger partial charge is 0.407 e. The normalized spacial score (nSPS) is 17.3. The van der Waals surface area contributed by atoms with Crippen molar-refractivity contribution in [1.82, 2.24) is 29.8 Å². The molecule has 58 heavy (non-hydrogen) atoms. The first kappa shape index (κ1) is 39.6. The third kappa shape index (κ3) is 8.69. The molecule has 6 amide bonds. The lowest BCUT2D eigenvalue weighted by Gasteiger charge is -2.29. The lowest BCUT2D eigenvalue weighted by Crippen LogP contribution is -2.49. The van der Waals surface area contributed by atoms with Gasteiger partial charge in [-0.3, -0.25) is 28.4 Å². The van der Waals surface area contributed by atoms with E-state index in [9.17, 15) is 33.9 Å². The van der Waals surface area contributed by atoms with Crippen molar-refractivity contribution < 1.29 is 38.6 Å². The molecule has 2 saturated heterocycles. The van der Waals surface area contributed by atoms with Crippen LogP contribution in [0.5, 0.6) is 0 Å². The standard InChI is InChI=1S/C41H42N8O8S/c1-57-41(56)46-35(27-12-6-3-7-13-27)39(55)49-21-9-15-30(49)37(53)43-32-23-47-22-31(58-40(47)44-32)25-16-18-28(19-17-25)42-36(52)29-14-8-20-48(29)38(54)34(45-33(51)24-50)26-10-4-2-5-11-26/h2-7,10-13,16-19,22-23,29-30,34-35,50H,8-9,14-15,20-21,24H2,1H3,(H,42,52)(H,43,53)(H,45,51)(H,46,56)/t29-,30-,34+,35+/m0/s1. The average molecular weight is 807 g/mol. The predicted octanol–water partition coefficient (Wildman–Crippen LogP) is 3.87. The second-order valence-electron chi connectivity index (χ2n) is 13.9. The van der Waals surface area contributed by atoms with Gasteiger partial charge in [0.25, 0.3) is 5.91 Å². The number of aliphatic hydroxyl groups excluding tert-OH is 1. The summed E-state index contributed by atoms with van der Waals surface area (Å²) in [4.78, 5) is 87.7. The number of benzene rings is 3. The maximum absolute atomic E-state index is 13.7. The van der Waals surface area contributed by atoms with Crippen molar-refractivity contribution in [2.75, 3.05) is 37.4 Å². The van der Waals surface area contributed by atoms with Crippen LogP contribution in [0.1, 0.15) is 48.9 Å². The Kier molecular flexibility index (Phi) is 12.1. The van der Waals surface area contributed by atoms with Crippen LogP contribution in [0.15, 0.2) is 97.3 Å². The molecule has 3 aromatic carbocycles. The fourth-order valence-electron chi connectivity index (χ4n) is 7.33. The quantitative estimate of drug-likeness (QED) is 0.124. The van der Waals surface area contributed by atoms with Gasteiger partial charge in [0.05, 0.1) is 18.2 Å². The lowest BCUT2D eigenvalue weighted by molar-refractivity contribution is -0.140. The number of aromatic nitrogens is 2. The van der Waals surface area contributed by atoms with E-state index in [1.807, 2.05) is 18.3 Å². The monoisotopic (exact) mass is 806 g/mol. The Balaban J connectivity index is 0.974. The number of anilines is 2. The first-order chi connectivity index (χ1) is 28.1. The summed E-state index contributed by atoms with van der Waals surface area (Å²) >= 11 is 1.40. The molecular formula is C41H42N8O8S. The van der Waals surface area contributed by atoms with Crippen molar-refractivity contribution >= 4 is 63.4 Å². The number of aliphatic hydroxyl groups is 1. The summed E-state index contributed by atoms with van der Waals surface area (Å²) in [7, 11) is 1.22. The van der Waals surface area contributed by atoms with Crippen LogP contribution in [-0.2, 0) is 28.7 Å². The van der Waals surface area contributed by atoms with Gasteiger partial charge in [-0.15, -0.1) is 0 Å². The molecule has 4 atom stereocenters. The lowest BCUT2D eigenvalue weighted by atomic mass is 10.0. The van der Waals surface area contributed by atoms with Crippen molar-refractivity contribution in [3.63, 3.8) is 0 Å². The Bertz CT molecular complexity index is 2270. The van der Waals surface area contributed by atoms with Crippen LogP contribution < -0.4 is 21.3 Å². The number of hydrogen-bond acceptors (Lipinski definition) is 10. The van der Waals surface area contributed by atoms with Crippen molar-refractivity contribution in [2.45, 2.75) is 49.9 Å². The highest BCUT2D eigenvalue weighted by Crippen LogP contribution is 2.32. The maximum Gasteiger partial charge on any atom is 0.407 e. The molecule has 4 heterocycles. The minimum Gasteiger partial charge on any atom is -0.453 e. The van der Waals surface area contributed by atoms with Gasteiger partial charge in [0.2, 0.25) is 23.6 Å². The summed E-state index contributed by atoms with van der Waals surface area (Å²) in [5.41, 5.74) is 2.53. The molecule has 7 rings (SSSR count). The highest BCUT2D eigenvalue weighted by Gasteiger charge is 2.40. The van der Waals surface area contributed by atoms with E-state index < -0.39 is 54.6 Å².